The van der Waals surface area contributed by atoms with Crippen LogP contribution in [0.4, 0.5) is 4.79 Å². The summed E-state index contributed by atoms with van der Waals surface area (Å²) in [5, 5.41) is 3.51. The molecule has 1 saturated heterocycles. The van der Waals surface area contributed by atoms with Crippen molar-refractivity contribution in [3.8, 4) is 5.75 Å². The van der Waals surface area contributed by atoms with E-state index in [1.165, 1.54) is 0 Å². The van der Waals surface area contributed by atoms with E-state index < -0.39 is 0 Å². The molecule has 1 fully saturated rings. The summed E-state index contributed by atoms with van der Waals surface area (Å²) in [6.07, 6.45) is 0.362. The molecule has 1 N–H and O–H groups in total. The zero-order valence-electron chi connectivity index (χ0n) is 18.5. The van der Waals surface area contributed by atoms with E-state index in [1.807, 2.05) is 54.6 Å². The second-order valence-electron chi connectivity index (χ2n) is 7.73. The first kappa shape index (κ1) is 23.7. The van der Waals surface area contributed by atoms with Crippen molar-refractivity contribution in [2.75, 3.05) is 20.2 Å². The Kier molecular flexibility index (Phi) is 8.31. The highest BCUT2D eigenvalue weighted by molar-refractivity contribution is 9.10. The number of hydrogen-bond donors (Lipinski definition) is 1. The number of ether oxygens (including phenoxy) is 2. The van der Waals surface area contributed by atoms with Gasteiger partial charge in [-0.15, -0.1) is 11.8 Å². The topological polar surface area (TPSA) is 50.8 Å². The Hall–Kier alpha value is -2.48. The maximum Gasteiger partial charge on any atom is 0.411 e. The monoisotopic (exact) mass is 526 g/mol. The minimum Gasteiger partial charge on any atom is -0.496 e. The molecule has 1 amide bonds. The zero-order chi connectivity index (χ0) is 23.0. The van der Waals surface area contributed by atoms with Gasteiger partial charge in [-0.05, 0) is 42.8 Å². The molecule has 1 unspecified atom stereocenters. The number of thioether (sulfide) groups is 1. The van der Waals surface area contributed by atoms with Gasteiger partial charge in [-0.25, -0.2) is 4.79 Å². The molecule has 1 aliphatic rings. The molecule has 0 aliphatic carbocycles. The van der Waals surface area contributed by atoms with Crippen LogP contribution in [-0.4, -0.2) is 31.2 Å². The summed E-state index contributed by atoms with van der Waals surface area (Å²) in [6, 6.07) is 24.0. The molecular formula is C26H27BrN2O3S. The number of amides is 1. The Morgan fingerprint density at radius 1 is 1.12 bits per heavy atom. The highest BCUT2D eigenvalue weighted by Gasteiger charge is 2.30. The Bertz CT molecular complexity index is 1080. The minimum absolute atomic E-state index is 0.227. The average molecular weight is 527 g/mol. The smallest absolute Gasteiger partial charge is 0.411 e. The molecule has 0 spiro atoms. The average Bonchev–Trinajstić information content (AvgIpc) is 2.87. The first-order valence-electron chi connectivity index (χ1n) is 10.9. The van der Waals surface area contributed by atoms with Crippen LogP contribution in [0.2, 0.25) is 0 Å². The molecule has 1 atom stereocenters. The SMILES string of the molecule is COc1ccc(Br)cc1CSc1ccccc1C1NCCCN1C(=O)OCc1ccccc1. The second-order valence-corrected chi connectivity index (χ2v) is 9.66. The second kappa shape index (κ2) is 11.6. The van der Waals surface area contributed by atoms with Gasteiger partial charge in [0.1, 0.15) is 18.5 Å². The number of carbonyl (C=O) groups excluding carboxylic acids is 1. The number of rotatable bonds is 7. The van der Waals surface area contributed by atoms with Crippen LogP contribution in [0.5, 0.6) is 5.75 Å². The third-order valence-corrected chi connectivity index (χ3v) is 7.14. The normalized spacial score (nSPS) is 15.8. The van der Waals surface area contributed by atoms with E-state index in [4.69, 9.17) is 9.47 Å². The summed E-state index contributed by atoms with van der Waals surface area (Å²) in [5.74, 6) is 1.62. The lowest BCUT2D eigenvalue weighted by molar-refractivity contribution is 0.0615. The summed E-state index contributed by atoms with van der Waals surface area (Å²) in [4.78, 5) is 15.9. The fraction of sp³-hybridized carbons (Fsp3) is 0.269. The van der Waals surface area contributed by atoms with Crippen molar-refractivity contribution in [1.29, 1.82) is 0 Å². The van der Waals surface area contributed by atoms with Gasteiger partial charge in [0.05, 0.1) is 7.11 Å². The van der Waals surface area contributed by atoms with Crippen LogP contribution in [0.25, 0.3) is 0 Å². The Labute approximate surface area is 207 Å². The zero-order valence-corrected chi connectivity index (χ0v) is 20.9. The number of methoxy groups -OCH3 is 1. The molecule has 5 nitrogen and oxygen atoms in total. The fourth-order valence-electron chi connectivity index (χ4n) is 3.86. The van der Waals surface area contributed by atoms with Crippen LogP contribution in [0.15, 0.2) is 82.2 Å². The number of carbonyl (C=O) groups is 1. The van der Waals surface area contributed by atoms with Crippen LogP contribution >= 0.6 is 27.7 Å². The molecule has 33 heavy (non-hydrogen) atoms. The van der Waals surface area contributed by atoms with Gasteiger partial charge in [-0.3, -0.25) is 10.2 Å². The van der Waals surface area contributed by atoms with Gasteiger partial charge in [0.15, 0.2) is 0 Å². The lowest BCUT2D eigenvalue weighted by atomic mass is 10.1. The molecule has 0 bridgehead atoms. The molecule has 1 heterocycles. The Morgan fingerprint density at radius 2 is 1.91 bits per heavy atom. The standard InChI is InChI=1S/C26H27BrN2O3S/c1-31-23-13-12-21(27)16-20(23)18-33-24-11-6-5-10-22(24)25-28-14-7-15-29(25)26(30)32-17-19-8-3-2-4-9-19/h2-6,8-13,16,25,28H,7,14-15,17-18H2,1H3. The fourth-order valence-corrected chi connectivity index (χ4v) is 5.32. The minimum atomic E-state index is -0.301. The molecule has 172 valence electrons. The van der Waals surface area contributed by atoms with Crippen molar-refractivity contribution in [2.45, 2.75) is 29.8 Å². The number of halogens is 1. The third-order valence-electron chi connectivity index (χ3n) is 5.50. The summed E-state index contributed by atoms with van der Waals surface area (Å²) >= 11 is 5.29. The van der Waals surface area contributed by atoms with E-state index in [2.05, 4.69) is 39.4 Å². The van der Waals surface area contributed by atoms with E-state index in [1.54, 1.807) is 23.8 Å². The maximum atomic E-state index is 13.0. The molecule has 0 radical (unpaired) electrons. The molecule has 4 rings (SSSR count). The first-order chi connectivity index (χ1) is 16.2. The molecule has 0 aromatic heterocycles. The summed E-state index contributed by atoms with van der Waals surface area (Å²) in [5.41, 5.74) is 3.17. The highest BCUT2D eigenvalue weighted by Crippen LogP contribution is 2.35. The van der Waals surface area contributed by atoms with Crippen LogP contribution in [0.1, 0.15) is 29.3 Å². The molecule has 1 aliphatic heterocycles. The van der Waals surface area contributed by atoms with Gasteiger partial charge >= 0.3 is 6.09 Å². The molecule has 3 aromatic carbocycles. The molecule has 3 aromatic rings. The summed E-state index contributed by atoms with van der Waals surface area (Å²) in [6.45, 7) is 1.78. The number of hydrogen-bond acceptors (Lipinski definition) is 5. The lowest BCUT2D eigenvalue weighted by Crippen LogP contribution is -2.48. The van der Waals surface area contributed by atoms with Crippen molar-refractivity contribution in [2.24, 2.45) is 0 Å². The van der Waals surface area contributed by atoms with Gasteiger partial charge in [0, 0.05) is 32.8 Å². The maximum absolute atomic E-state index is 13.0. The number of nitrogens with zero attached hydrogens (tertiary/aromatic N) is 1. The number of nitrogens with one attached hydrogen (secondary N) is 1. The van der Waals surface area contributed by atoms with Crippen LogP contribution in [0, 0.1) is 0 Å². The summed E-state index contributed by atoms with van der Waals surface area (Å²) in [7, 11) is 1.69. The highest BCUT2D eigenvalue weighted by atomic mass is 79.9. The van der Waals surface area contributed by atoms with Crippen molar-refractivity contribution in [1.82, 2.24) is 10.2 Å². The van der Waals surface area contributed by atoms with Gasteiger partial charge in [-0.2, -0.15) is 0 Å². The first-order valence-corrected chi connectivity index (χ1v) is 12.7. The lowest BCUT2D eigenvalue weighted by Gasteiger charge is -2.36. The van der Waals surface area contributed by atoms with E-state index in [0.717, 1.165) is 50.5 Å². The van der Waals surface area contributed by atoms with Crippen molar-refractivity contribution in [3.05, 3.63) is 94.0 Å². The van der Waals surface area contributed by atoms with Crippen LogP contribution in [-0.2, 0) is 17.1 Å². The summed E-state index contributed by atoms with van der Waals surface area (Å²) < 4.78 is 12.2. The molecular weight excluding hydrogens is 500 g/mol. The quantitative estimate of drug-likeness (QED) is 0.362. The van der Waals surface area contributed by atoms with E-state index >= 15 is 0 Å². The van der Waals surface area contributed by atoms with Gasteiger partial charge in [-0.1, -0.05) is 64.5 Å². The van der Waals surface area contributed by atoms with Crippen molar-refractivity contribution >= 4 is 33.8 Å². The molecule has 7 heteroatoms. The van der Waals surface area contributed by atoms with Gasteiger partial charge in [0.25, 0.3) is 0 Å². The predicted molar refractivity (Wildman–Crippen MR) is 135 cm³/mol. The van der Waals surface area contributed by atoms with E-state index in [-0.39, 0.29) is 18.9 Å². The van der Waals surface area contributed by atoms with Crippen molar-refractivity contribution < 1.29 is 14.3 Å². The predicted octanol–water partition coefficient (Wildman–Crippen LogP) is 6.38. The third kappa shape index (κ3) is 6.10. The number of benzene rings is 3. The van der Waals surface area contributed by atoms with Crippen LogP contribution in [0.3, 0.4) is 0 Å². The molecule has 0 saturated carbocycles. The Balaban J connectivity index is 1.50. The van der Waals surface area contributed by atoms with Crippen LogP contribution < -0.4 is 10.1 Å². The van der Waals surface area contributed by atoms with Gasteiger partial charge < -0.3 is 9.47 Å². The Morgan fingerprint density at radius 3 is 2.73 bits per heavy atom. The van der Waals surface area contributed by atoms with E-state index in [0.29, 0.717) is 6.54 Å². The largest absolute Gasteiger partial charge is 0.496 e. The van der Waals surface area contributed by atoms with Crippen molar-refractivity contribution in [3.63, 3.8) is 0 Å². The van der Waals surface area contributed by atoms with Gasteiger partial charge in [0.2, 0.25) is 0 Å². The van der Waals surface area contributed by atoms with E-state index in [9.17, 15) is 4.79 Å².